The van der Waals surface area contributed by atoms with E-state index in [1.807, 2.05) is 0 Å². The maximum atomic E-state index is 5.89. The van der Waals surface area contributed by atoms with Crippen molar-refractivity contribution >= 4 is 16.5 Å². The average Bonchev–Trinajstić information content (AvgIpc) is 2.81. The highest BCUT2D eigenvalue weighted by molar-refractivity contribution is 7.15. The van der Waals surface area contributed by atoms with Crippen LogP contribution in [-0.2, 0) is 17.7 Å². The minimum absolute atomic E-state index is 0.313. The molecule has 0 amide bonds. The summed E-state index contributed by atoms with van der Waals surface area (Å²) in [5.41, 5.74) is 8.43. The monoisotopic (exact) mass is 287 g/mol. The molecule has 1 saturated heterocycles. The second-order valence-electron chi connectivity index (χ2n) is 5.43. The predicted octanol–water partition coefficient (Wildman–Crippen LogP) is 2.22. The summed E-state index contributed by atoms with van der Waals surface area (Å²) >= 11 is 1.62. The molecule has 2 N–H and O–H groups in total. The highest BCUT2D eigenvalue weighted by Gasteiger charge is 2.40. The van der Waals surface area contributed by atoms with Gasteiger partial charge in [-0.3, -0.25) is 4.90 Å². The summed E-state index contributed by atoms with van der Waals surface area (Å²) < 4.78 is 5.77. The van der Waals surface area contributed by atoms with Crippen LogP contribution in [0.3, 0.4) is 0 Å². The zero-order valence-corrected chi connectivity index (χ0v) is 12.0. The number of anilines is 1. The number of aromatic nitrogens is 1. The van der Waals surface area contributed by atoms with Crippen LogP contribution in [0.2, 0.25) is 0 Å². The van der Waals surface area contributed by atoms with E-state index < -0.39 is 0 Å². The lowest BCUT2D eigenvalue weighted by atomic mass is 9.96. The van der Waals surface area contributed by atoms with Crippen LogP contribution in [0.25, 0.3) is 0 Å². The van der Waals surface area contributed by atoms with E-state index in [0.29, 0.717) is 17.2 Å². The Bertz CT molecular complexity index is 613. The van der Waals surface area contributed by atoms with Gasteiger partial charge in [0.1, 0.15) is 0 Å². The van der Waals surface area contributed by atoms with Crippen molar-refractivity contribution in [2.24, 2.45) is 0 Å². The van der Waals surface area contributed by atoms with Gasteiger partial charge in [-0.25, -0.2) is 4.98 Å². The van der Waals surface area contributed by atoms with Crippen LogP contribution in [0.1, 0.15) is 22.2 Å². The number of ether oxygens (including phenoxy) is 1. The van der Waals surface area contributed by atoms with E-state index in [2.05, 4.69) is 40.2 Å². The molecule has 2 aliphatic heterocycles. The first-order chi connectivity index (χ1) is 9.81. The van der Waals surface area contributed by atoms with E-state index in [0.717, 1.165) is 26.2 Å². The highest BCUT2D eigenvalue weighted by Crippen LogP contribution is 2.41. The molecule has 2 atom stereocenters. The van der Waals surface area contributed by atoms with Crippen molar-refractivity contribution in [2.45, 2.75) is 25.0 Å². The summed E-state index contributed by atoms with van der Waals surface area (Å²) in [5, 5.41) is 0.683. The number of fused-ring (bicyclic) bond motifs is 4. The molecular formula is C15H17N3OS. The third kappa shape index (κ3) is 2.02. The number of morpholine rings is 1. The minimum atomic E-state index is 0.313. The third-order valence-electron chi connectivity index (χ3n) is 4.14. The van der Waals surface area contributed by atoms with Crippen LogP contribution >= 0.6 is 11.3 Å². The molecule has 0 radical (unpaired) electrons. The molecule has 2 aromatic rings. The van der Waals surface area contributed by atoms with E-state index in [9.17, 15) is 0 Å². The number of nitrogens with zero attached hydrogens (tertiary/aromatic N) is 2. The fourth-order valence-electron chi connectivity index (χ4n) is 3.21. The number of hydrogen-bond acceptors (Lipinski definition) is 5. The molecule has 1 fully saturated rings. The third-order valence-corrected chi connectivity index (χ3v) is 5.17. The number of thiazole rings is 1. The zero-order valence-electron chi connectivity index (χ0n) is 11.2. The van der Waals surface area contributed by atoms with Crippen molar-refractivity contribution < 1.29 is 4.74 Å². The maximum absolute atomic E-state index is 5.89. The second-order valence-corrected chi connectivity index (χ2v) is 6.49. The first kappa shape index (κ1) is 12.3. The summed E-state index contributed by atoms with van der Waals surface area (Å²) in [7, 11) is 0. The Hall–Kier alpha value is -1.43. The van der Waals surface area contributed by atoms with Crippen LogP contribution < -0.4 is 5.73 Å². The molecule has 4 nitrogen and oxygen atoms in total. The van der Waals surface area contributed by atoms with Crippen LogP contribution in [-0.4, -0.2) is 29.1 Å². The number of benzene rings is 1. The molecule has 0 spiro atoms. The lowest BCUT2D eigenvalue weighted by Crippen LogP contribution is -2.50. The molecule has 2 bridgehead atoms. The van der Waals surface area contributed by atoms with Gasteiger partial charge in [-0.2, -0.15) is 0 Å². The van der Waals surface area contributed by atoms with Gasteiger partial charge in [0.25, 0.3) is 0 Å². The van der Waals surface area contributed by atoms with Gasteiger partial charge in [-0.05, 0) is 5.56 Å². The molecule has 104 valence electrons. The molecule has 2 aliphatic rings. The lowest BCUT2D eigenvalue weighted by molar-refractivity contribution is -0.0619. The van der Waals surface area contributed by atoms with Gasteiger partial charge in [0, 0.05) is 23.9 Å². The Morgan fingerprint density at radius 1 is 1.30 bits per heavy atom. The Morgan fingerprint density at radius 3 is 3.00 bits per heavy atom. The second kappa shape index (κ2) is 4.84. The van der Waals surface area contributed by atoms with Gasteiger partial charge in [-0.15, -0.1) is 11.3 Å². The van der Waals surface area contributed by atoms with Gasteiger partial charge in [0.05, 0.1) is 24.9 Å². The zero-order chi connectivity index (χ0) is 13.5. The van der Waals surface area contributed by atoms with E-state index in [1.165, 1.54) is 16.1 Å². The van der Waals surface area contributed by atoms with Crippen molar-refractivity contribution in [3.05, 3.63) is 46.5 Å². The highest BCUT2D eigenvalue weighted by atomic mass is 32.1. The number of rotatable bonds is 2. The smallest absolute Gasteiger partial charge is 0.180 e. The first-order valence-electron chi connectivity index (χ1n) is 6.94. The SMILES string of the molecule is Nc1nc2c(s1)C1COCC(C2)N1Cc1ccccc1. The fourth-order valence-corrected chi connectivity index (χ4v) is 4.18. The number of hydrogen-bond donors (Lipinski definition) is 1. The quantitative estimate of drug-likeness (QED) is 0.920. The van der Waals surface area contributed by atoms with Crippen LogP contribution in [0.4, 0.5) is 5.13 Å². The van der Waals surface area contributed by atoms with E-state index in [1.54, 1.807) is 11.3 Å². The van der Waals surface area contributed by atoms with Crippen LogP contribution in [0.5, 0.6) is 0 Å². The molecule has 0 saturated carbocycles. The molecule has 20 heavy (non-hydrogen) atoms. The number of nitrogens with two attached hydrogens (primary N) is 1. The van der Waals surface area contributed by atoms with Crippen LogP contribution in [0, 0.1) is 0 Å². The fraction of sp³-hybridized carbons (Fsp3) is 0.400. The van der Waals surface area contributed by atoms with Gasteiger partial charge in [0.15, 0.2) is 5.13 Å². The van der Waals surface area contributed by atoms with Crippen molar-refractivity contribution in [2.75, 3.05) is 18.9 Å². The molecule has 5 heteroatoms. The molecule has 4 rings (SSSR count). The Morgan fingerprint density at radius 2 is 2.15 bits per heavy atom. The van der Waals surface area contributed by atoms with Crippen molar-refractivity contribution in [3.63, 3.8) is 0 Å². The predicted molar refractivity (Wildman–Crippen MR) is 79.6 cm³/mol. The normalized spacial score (nSPS) is 25.4. The van der Waals surface area contributed by atoms with E-state index in [-0.39, 0.29) is 0 Å². The lowest BCUT2D eigenvalue weighted by Gasteiger charge is -2.44. The molecule has 0 aliphatic carbocycles. The summed E-state index contributed by atoms with van der Waals surface area (Å²) in [6.07, 6.45) is 0.951. The van der Waals surface area contributed by atoms with E-state index >= 15 is 0 Å². The summed E-state index contributed by atoms with van der Waals surface area (Å²) in [6.45, 7) is 2.51. The van der Waals surface area contributed by atoms with Gasteiger partial charge in [0.2, 0.25) is 0 Å². The summed E-state index contributed by atoms with van der Waals surface area (Å²) in [6, 6.07) is 11.4. The van der Waals surface area contributed by atoms with Gasteiger partial charge in [-0.1, -0.05) is 30.3 Å². The van der Waals surface area contributed by atoms with Gasteiger partial charge < -0.3 is 10.5 Å². The first-order valence-corrected chi connectivity index (χ1v) is 7.75. The van der Waals surface area contributed by atoms with Crippen molar-refractivity contribution in [1.82, 2.24) is 9.88 Å². The van der Waals surface area contributed by atoms with Gasteiger partial charge >= 0.3 is 0 Å². The van der Waals surface area contributed by atoms with Crippen LogP contribution in [0.15, 0.2) is 30.3 Å². The Labute approximate surface area is 122 Å². The van der Waals surface area contributed by atoms with Crippen molar-refractivity contribution in [3.8, 4) is 0 Å². The molecule has 2 unspecified atom stereocenters. The topological polar surface area (TPSA) is 51.4 Å². The average molecular weight is 287 g/mol. The molecule has 3 heterocycles. The summed E-state index contributed by atoms with van der Waals surface area (Å²) in [4.78, 5) is 8.34. The largest absolute Gasteiger partial charge is 0.378 e. The molecule has 1 aromatic heterocycles. The number of nitrogen functional groups attached to an aromatic ring is 1. The minimum Gasteiger partial charge on any atom is -0.378 e. The van der Waals surface area contributed by atoms with E-state index in [4.69, 9.17) is 10.5 Å². The molecule has 1 aromatic carbocycles. The standard InChI is InChI=1S/C15H17N3OS/c16-15-17-12-6-11-8-19-9-13(14(12)20-15)18(11)7-10-4-2-1-3-5-10/h1-5,11,13H,6-9H2,(H2,16,17). The summed E-state index contributed by atoms with van der Waals surface area (Å²) in [5.74, 6) is 0. The van der Waals surface area contributed by atoms with Crippen molar-refractivity contribution in [1.29, 1.82) is 0 Å². The molecular weight excluding hydrogens is 270 g/mol. The Balaban J connectivity index is 1.67. The Kier molecular flexibility index (Phi) is 2.98. The maximum Gasteiger partial charge on any atom is 0.180 e.